The molecule has 0 heterocycles. The summed E-state index contributed by atoms with van der Waals surface area (Å²) in [7, 11) is 0. The van der Waals surface area contributed by atoms with Crippen molar-refractivity contribution in [2.24, 2.45) is 5.73 Å². The second-order valence-electron chi connectivity index (χ2n) is 5.18. The Morgan fingerprint density at radius 1 is 1.17 bits per heavy atom. The van der Waals surface area contributed by atoms with Crippen LogP contribution in [-0.4, -0.2) is 11.9 Å². The first-order chi connectivity index (χ1) is 11.0. The molecule has 6 heteroatoms. The average Bonchev–Trinajstić information content (AvgIpc) is 2.50. The first kappa shape index (κ1) is 17.0. The van der Waals surface area contributed by atoms with Gasteiger partial charge in [-0.2, -0.15) is 0 Å². The molecule has 120 valence electrons. The monoisotopic (exact) mass is 375 g/mol. The molecular formula is C17H18BrN3O2. The van der Waals surface area contributed by atoms with E-state index in [4.69, 9.17) is 5.73 Å². The van der Waals surface area contributed by atoms with Gasteiger partial charge in [0, 0.05) is 10.2 Å². The number of hydrogen-bond donors (Lipinski definition) is 3. The molecule has 23 heavy (non-hydrogen) atoms. The van der Waals surface area contributed by atoms with E-state index in [0.717, 1.165) is 21.3 Å². The Labute approximate surface area is 143 Å². The number of amides is 3. The minimum absolute atomic E-state index is 0.0997. The summed E-state index contributed by atoms with van der Waals surface area (Å²) in [6, 6.07) is 13.7. The first-order valence-electron chi connectivity index (χ1n) is 7.12. The predicted molar refractivity (Wildman–Crippen MR) is 94.0 cm³/mol. The molecule has 0 aliphatic carbocycles. The van der Waals surface area contributed by atoms with E-state index in [2.05, 4.69) is 26.6 Å². The maximum absolute atomic E-state index is 12.3. The minimum Gasteiger partial charge on any atom is -0.352 e. The number of primary amides is 1. The quantitative estimate of drug-likeness (QED) is 0.746. The molecule has 0 bridgehead atoms. The van der Waals surface area contributed by atoms with Gasteiger partial charge in [0.05, 0.1) is 12.5 Å². The first-order valence-corrected chi connectivity index (χ1v) is 7.92. The van der Waals surface area contributed by atoms with E-state index < -0.39 is 12.1 Å². The van der Waals surface area contributed by atoms with Crippen molar-refractivity contribution in [1.82, 2.24) is 5.32 Å². The van der Waals surface area contributed by atoms with Gasteiger partial charge in [-0.15, -0.1) is 0 Å². The molecule has 3 amide bonds. The van der Waals surface area contributed by atoms with E-state index in [-0.39, 0.29) is 12.3 Å². The summed E-state index contributed by atoms with van der Waals surface area (Å²) in [5, 5.41) is 5.47. The highest BCUT2D eigenvalue weighted by atomic mass is 79.9. The van der Waals surface area contributed by atoms with Crippen molar-refractivity contribution >= 4 is 33.6 Å². The molecule has 0 spiro atoms. The zero-order valence-corrected chi connectivity index (χ0v) is 14.3. The molecule has 0 radical (unpaired) electrons. The van der Waals surface area contributed by atoms with Crippen molar-refractivity contribution in [3.63, 3.8) is 0 Å². The second kappa shape index (κ2) is 7.78. The van der Waals surface area contributed by atoms with E-state index in [1.54, 1.807) is 0 Å². The van der Waals surface area contributed by atoms with Gasteiger partial charge >= 0.3 is 6.03 Å². The van der Waals surface area contributed by atoms with Crippen LogP contribution in [-0.2, 0) is 4.79 Å². The molecule has 0 aromatic heterocycles. The van der Waals surface area contributed by atoms with Gasteiger partial charge in [-0.1, -0.05) is 46.3 Å². The van der Waals surface area contributed by atoms with Gasteiger partial charge in [0.25, 0.3) is 0 Å². The SMILES string of the molecule is Cc1cc(Br)ccc1NC(=O)C[C@@H](NC(N)=O)c1ccccc1. The molecular weight excluding hydrogens is 358 g/mol. The van der Waals surface area contributed by atoms with Gasteiger partial charge < -0.3 is 16.4 Å². The van der Waals surface area contributed by atoms with Gasteiger partial charge in [-0.3, -0.25) is 4.79 Å². The summed E-state index contributed by atoms with van der Waals surface area (Å²) < 4.78 is 0.950. The van der Waals surface area contributed by atoms with Crippen molar-refractivity contribution in [1.29, 1.82) is 0 Å². The van der Waals surface area contributed by atoms with Crippen LogP contribution < -0.4 is 16.4 Å². The lowest BCUT2D eigenvalue weighted by atomic mass is 10.0. The molecule has 0 saturated carbocycles. The van der Waals surface area contributed by atoms with Crippen LogP contribution in [0.5, 0.6) is 0 Å². The molecule has 0 unspecified atom stereocenters. The van der Waals surface area contributed by atoms with Crippen molar-refractivity contribution in [3.8, 4) is 0 Å². The van der Waals surface area contributed by atoms with Crippen LogP contribution in [0.25, 0.3) is 0 Å². The van der Waals surface area contributed by atoms with Crippen molar-refractivity contribution in [2.75, 3.05) is 5.32 Å². The number of aryl methyl sites for hydroxylation is 1. The summed E-state index contributed by atoms with van der Waals surface area (Å²) >= 11 is 3.39. The lowest BCUT2D eigenvalue weighted by Crippen LogP contribution is -2.35. The highest BCUT2D eigenvalue weighted by molar-refractivity contribution is 9.10. The maximum Gasteiger partial charge on any atom is 0.312 e. The summed E-state index contributed by atoms with van der Waals surface area (Å²) in [6.07, 6.45) is 0.0997. The predicted octanol–water partition coefficient (Wildman–Crippen LogP) is 3.50. The van der Waals surface area contributed by atoms with Gasteiger partial charge in [0.15, 0.2) is 0 Å². The molecule has 2 aromatic rings. The summed E-state index contributed by atoms with van der Waals surface area (Å²) in [6.45, 7) is 1.91. The zero-order valence-electron chi connectivity index (χ0n) is 12.7. The highest BCUT2D eigenvalue weighted by Crippen LogP contribution is 2.22. The van der Waals surface area contributed by atoms with Gasteiger partial charge in [0.2, 0.25) is 5.91 Å². The molecule has 0 aliphatic heterocycles. The van der Waals surface area contributed by atoms with Crippen LogP contribution in [0.2, 0.25) is 0 Å². The number of rotatable bonds is 5. The fraction of sp³-hybridized carbons (Fsp3) is 0.176. The van der Waals surface area contributed by atoms with Crippen LogP contribution in [0.15, 0.2) is 53.0 Å². The third kappa shape index (κ3) is 5.10. The molecule has 0 fully saturated rings. The van der Waals surface area contributed by atoms with Gasteiger partial charge in [0.1, 0.15) is 0 Å². The number of halogens is 1. The van der Waals surface area contributed by atoms with E-state index in [0.29, 0.717) is 0 Å². The molecule has 2 rings (SSSR count). The fourth-order valence-corrected chi connectivity index (χ4v) is 2.74. The summed E-state index contributed by atoms with van der Waals surface area (Å²) in [5.74, 6) is -0.196. The van der Waals surface area contributed by atoms with Gasteiger partial charge in [-0.05, 0) is 36.2 Å². The van der Waals surface area contributed by atoms with Crippen LogP contribution in [0.1, 0.15) is 23.6 Å². The van der Waals surface area contributed by atoms with Gasteiger partial charge in [-0.25, -0.2) is 4.79 Å². The lowest BCUT2D eigenvalue weighted by Gasteiger charge is -2.18. The number of benzene rings is 2. The lowest BCUT2D eigenvalue weighted by molar-refractivity contribution is -0.116. The number of carbonyl (C=O) groups excluding carboxylic acids is 2. The number of nitrogens with one attached hydrogen (secondary N) is 2. The molecule has 5 nitrogen and oxygen atoms in total. The normalized spacial score (nSPS) is 11.6. The molecule has 2 aromatic carbocycles. The summed E-state index contributed by atoms with van der Waals surface area (Å²) in [5.41, 5.74) is 7.73. The van der Waals surface area contributed by atoms with Crippen molar-refractivity contribution < 1.29 is 9.59 Å². The maximum atomic E-state index is 12.3. The number of carbonyl (C=O) groups is 2. The van der Waals surface area contributed by atoms with E-state index in [1.807, 2.05) is 55.5 Å². The molecule has 0 saturated heterocycles. The Kier molecular flexibility index (Phi) is 5.76. The van der Waals surface area contributed by atoms with Crippen LogP contribution in [0.3, 0.4) is 0 Å². The van der Waals surface area contributed by atoms with Crippen molar-refractivity contribution in [2.45, 2.75) is 19.4 Å². The van der Waals surface area contributed by atoms with Crippen LogP contribution >= 0.6 is 15.9 Å². The van der Waals surface area contributed by atoms with E-state index in [9.17, 15) is 9.59 Å². The van der Waals surface area contributed by atoms with E-state index in [1.165, 1.54) is 0 Å². The summed E-state index contributed by atoms with van der Waals surface area (Å²) in [4.78, 5) is 23.5. The number of hydrogen-bond acceptors (Lipinski definition) is 2. The highest BCUT2D eigenvalue weighted by Gasteiger charge is 2.17. The second-order valence-corrected chi connectivity index (χ2v) is 6.10. The Morgan fingerprint density at radius 2 is 1.87 bits per heavy atom. The third-order valence-corrected chi connectivity index (χ3v) is 3.86. The average molecular weight is 376 g/mol. The number of nitrogens with two attached hydrogens (primary N) is 1. The molecule has 0 aliphatic rings. The smallest absolute Gasteiger partial charge is 0.312 e. The van der Waals surface area contributed by atoms with E-state index >= 15 is 0 Å². The minimum atomic E-state index is -0.661. The molecule has 4 N–H and O–H groups in total. The van der Waals surface area contributed by atoms with Crippen molar-refractivity contribution in [3.05, 3.63) is 64.1 Å². The number of anilines is 1. The number of urea groups is 1. The fourth-order valence-electron chi connectivity index (χ4n) is 2.26. The zero-order chi connectivity index (χ0) is 16.8. The molecule has 1 atom stereocenters. The largest absolute Gasteiger partial charge is 0.352 e. The Hall–Kier alpha value is -2.34. The third-order valence-electron chi connectivity index (χ3n) is 3.37. The van der Waals surface area contributed by atoms with Crippen LogP contribution in [0, 0.1) is 6.92 Å². The standard InChI is InChI=1S/C17H18BrN3O2/c1-11-9-13(18)7-8-14(11)20-16(22)10-15(21-17(19)23)12-5-3-2-4-6-12/h2-9,15H,10H2,1H3,(H,20,22)(H3,19,21,23)/t15-/m1/s1. The Morgan fingerprint density at radius 3 is 2.48 bits per heavy atom. The Bertz CT molecular complexity index is 704. The topological polar surface area (TPSA) is 84.2 Å². The Balaban J connectivity index is 2.09. The van der Waals surface area contributed by atoms with Crippen LogP contribution in [0.4, 0.5) is 10.5 Å².